The molecule has 36 heavy (non-hydrogen) atoms. The number of anilines is 3. The van der Waals surface area contributed by atoms with Crippen molar-refractivity contribution in [2.45, 2.75) is 51.6 Å². The smallest absolute Gasteiger partial charge is 0.352 e. The number of carboxylic acid groups (broad SMARTS) is 1. The maximum atomic E-state index is 11.8. The minimum absolute atomic E-state index is 0.159. The zero-order valence-electron chi connectivity index (χ0n) is 21.6. The van der Waals surface area contributed by atoms with Crippen LogP contribution >= 0.6 is 0 Å². The number of piperazine rings is 1. The molecule has 11 nitrogen and oxygen atoms in total. The van der Waals surface area contributed by atoms with Gasteiger partial charge in [-0.1, -0.05) is 12.8 Å². The molecule has 11 heteroatoms. The Morgan fingerprint density at radius 3 is 2.36 bits per heavy atom. The predicted octanol–water partition coefficient (Wildman–Crippen LogP) is 3.14. The Hall–Kier alpha value is -3.31. The zero-order valence-corrected chi connectivity index (χ0v) is 21.6. The van der Waals surface area contributed by atoms with Gasteiger partial charge in [-0.3, -0.25) is 4.90 Å². The molecule has 0 unspecified atom stereocenters. The van der Waals surface area contributed by atoms with Crippen molar-refractivity contribution in [3.8, 4) is 0 Å². The van der Waals surface area contributed by atoms with Gasteiger partial charge in [-0.15, -0.1) is 10.2 Å². The molecule has 4 heterocycles. The summed E-state index contributed by atoms with van der Waals surface area (Å²) in [6.45, 7) is 8.36. The van der Waals surface area contributed by atoms with Crippen molar-refractivity contribution in [3.63, 3.8) is 0 Å². The van der Waals surface area contributed by atoms with Gasteiger partial charge in [0.2, 0.25) is 5.95 Å². The van der Waals surface area contributed by atoms with Crippen LogP contribution in [0.5, 0.6) is 0 Å². The lowest BCUT2D eigenvalue weighted by Crippen LogP contribution is -2.49. The number of hydrogen-bond acceptors (Lipinski definition) is 9. The number of hydrogen-bond donors (Lipinski definition) is 3. The molecule has 5 rings (SSSR count). The summed E-state index contributed by atoms with van der Waals surface area (Å²) in [4.78, 5) is 25.6. The average molecular weight is 496 g/mol. The van der Waals surface area contributed by atoms with Gasteiger partial charge in [0, 0.05) is 49.8 Å². The predicted molar refractivity (Wildman–Crippen MR) is 141 cm³/mol. The number of fused-ring (bicyclic) bond motifs is 1. The quantitative estimate of drug-likeness (QED) is 0.470. The fourth-order valence-corrected chi connectivity index (χ4v) is 4.91. The van der Waals surface area contributed by atoms with Gasteiger partial charge < -0.3 is 25.2 Å². The third kappa shape index (κ3) is 5.73. The van der Waals surface area contributed by atoms with E-state index in [1.54, 1.807) is 12.3 Å². The molecule has 0 bridgehead atoms. The van der Waals surface area contributed by atoms with E-state index < -0.39 is 5.97 Å². The molecule has 194 valence electrons. The number of nitrogens with zero attached hydrogens (tertiary/aromatic N) is 7. The molecule has 1 aliphatic carbocycles. The van der Waals surface area contributed by atoms with E-state index >= 15 is 0 Å². The molecular formula is C25H37N9O2. The number of carboxylic acids is 1. The first-order valence-corrected chi connectivity index (χ1v) is 12.7. The van der Waals surface area contributed by atoms with Crippen molar-refractivity contribution in [1.29, 1.82) is 0 Å². The molecule has 3 aromatic heterocycles. The Labute approximate surface area is 211 Å². The van der Waals surface area contributed by atoms with E-state index in [0.717, 1.165) is 63.1 Å². The van der Waals surface area contributed by atoms with Crippen LogP contribution in [-0.2, 0) is 0 Å². The third-order valence-electron chi connectivity index (χ3n) is 6.74. The van der Waals surface area contributed by atoms with Crippen LogP contribution in [0.15, 0.2) is 24.4 Å². The maximum absolute atomic E-state index is 11.8. The second-order valence-electron chi connectivity index (χ2n) is 9.63. The summed E-state index contributed by atoms with van der Waals surface area (Å²) in [5.41, 5.74) is 0.912. The van der Waals surface area contributed by atoms with Crippen LogP contribution in [0.4, 0.5) is 17.6 Å². The largest absolute Gasteiger partial charge is 0.477 e. The minimum atomic E-state index is -0.940. The Balaban J connectivity index is 0.000000967. The van der Waals surface area contributed by atoms with E-state index in [9.17, 15) is 9.90 Å². The fraction of sp³-hybridized carbons (Fsp3) is 0.560. The lowest BCUT2D eigenvalue weighted by molar-refractivity contribution is 0.0683. The van der Waals surface area contributed by atoms with Crippen LogP contribution in [0.2, 0.25) is 0 Å². The number of nitrogens with one attached hydrogen (secondary N) is 2. The standard InChI is InChI=1S/C23H30N8O2.C2H7N/c1-15(2)29-9-11-30(12-10-29)20-8-7-19(27-28-20)25-23-24-14-16-13-18(22(32)33)31(21(16)26-23)17-5-3-4-6-17;1-3-2/h7-8,13-15,17H,3-6,9-12H2,1-2H3,(H,32,33)(H,24,25,26,27);3H,1-2H3. The summed E-state index contributed by atoms with van der Waals surface area (Å²) in [6, 6.07) is 6.22. The highest BCUT2D eigenvalue weighted by Crippen LogP contribution is 2.34. The molecule has 0 spiro atoms. The highest BCUT2D eigenvalue weighted by Gasteiger charge is 2.25. The van der Waals surface area contributed by atoms with Gasteiger partial charge in [-0.25, -0.2) is 9.78 Å². The highest BCUT2D eigenvalue weighted by atomic mass is 16.4. The van der Waals surface area contributed by atoms with E-state index in [1.807, 2.05) is 30.8 Å². The number of aromatic carboxylic acids is 1. The highest BCUT2D eigenvalue weighted by molar-refractivity contribution is 5.93. The summed E-state index contributed by atoms with van der Waals surface area (Å²) < 4.78 is 1.86. The topological polar surface area (TPSA) is 124 Å². The number of carbonyl (C=O) groups is 1. The van der Waals surface area contributed by atoms with Crippen molar-refractivity contribution in [2.24, 2.45) is 0 Å². The first-order chi connectivity index (χ1) is 17.4. The van der Waals surface area contributed by atoms with Gasteiger partial charge in [-0.2, -0.15) is 4.98 Å². The van der Waals surface area contributed by atoms with E-state index in [-0.39, 0.29) is 11.7 Å². The maximum Gasteiger partial charge on any atom is 0.352 e. The van der Waals surface area contributed by atoms with Gasteiger partial charge in [0.05, 0.1) is 0 Å². The van der Waals surface area contributed by atoms with Crippen LogP contribution in [0.25, 0.3) is 11.0 Å². The van der Waals surface area contributed by atoms with Crippen molar-refractivity contribution in [2.75, 3.05) is 50.5 Å². The van der Waals surface area contributed by atoms with Crippen molar-refractivity contribution < 1.29 is 9.90 Å². The summed E-state index contributed by atoms with van der Waals surface area (Å²) >= 11 is 0. The molecule has 3 aromatic rings. The molecule has 0 aromatic carbocycles. The summed E-state index contributed by atoms with van der Waals surface area (Å²) in [5.74, 6) is 0.854. The van der Waals surface area contributed by atoms with Crippen LogP contribution in [-0.4, -0.2) is 87.0 Å². The van der Waals surface area contributed by atoms with Crippen LogP contribution in [0, 0.1) is 0 Å². The second-order valence-corrected chi connectivity index (χ2v) is 9.63. The lowest BCUT2D eigenvalue weighted by atomic mass is 10.2. The fourth-order valence-electron chi connectivity index (χ4n) is 4.91. The first kappa shape index (κ1) is 25.8. The molecule has 0 radical (unpaired) electrons. The summed E-state index contributed by atoms with van der Waals surface area (Å²) in [5, 5.41) is 25.0. The minimum Gasteiger partial charge on any atom is -0.477 e. The number of aromatic nitrogens is 5. The molecule has 0 amide bonds. The van der Waals surface area contributed by atoms with Crippen molar-refractivity contribution in [3.05, 3.63) is 30.1 Å². The molecule has 2 aliphatic rings. The van der Waals surface area contributed by atoms with Gasteiger partial charge >= 0.3 is 5.97 Å². The normalized spacial score (nSPS) is 16.9. The van der Waals surface area contributed by atoms with Crippen LogP contribution in [0.3, 0.4) is 0 Å². The molecule has 0 atom stereocenters. The van der Waals surface area contributed by atoms with Gasteiger partial charge in [0.1, 0.15) is 11.3 Å². The first-order valence-electron chi connectivity index (χ1n) is 12.7. The average Bonchev–Trinajstić information content (AvgIpc) is 3.53. The zero-order chi connectivity index (χ0) is 25.7. The Bertz CT molecular complexity index is 1150. The second kappa shape index (κ2) is 11.6. The van der Waals surface area contributed by atoms with Crippen molar-refractivity contribution in [1.82, 2.24) is 34.9 Å². The van der Waals surface area contributed by atoms with Crippen LogP contribution < -0.4 is 15.5 Å². The van der Waals surface area contributed by atoms with E-state index in [4.69, 9.17) is 0 Å². The van der Waals surface area contributed by atoms with E-state index in [1.165, 1.54) is 0 Å². The molecule has 1 aliphatic heterocycles. The summed E-state index contributed by atoms with van der Waals surface area (Å²) in [6.07, 6.45) is 5.81. The Kier molecular flexibility index (Phi) is 8.32. The molecule has 1 saturated carbocycles. The van der Waals surface area contributed by atoms with Crippen LogP contribution in [0.1, 0.15) is 56.1 Å². The Morgan fingerprint density at radius 1 is 1.08 bits per heavy atom. The number of rotatable bonds is 6. The van der Waals surface area contributed by atoms with Gasteiger partial charge in [-0.05, 0) is 59.0 Å². The SMILES string of the molecule is CC(C)N1CCN(c2ccc(Nc3ncc4cc(C(=O)O)n(C5CCCC5)c4n3)nn2)CC1.CNC. The van der Waals surface area contributed by atoms with Gasteiger partial charge in [0.25, 0.3) is 0 Å². The van der Waals surface area contributed by atoms with Gasteiger partial charge in [0.15, 0.2) is 11.6 Å². The van der Waals surface area contributed by atoms with E-state index in [2.05, 4.69) is 54.4 Å². The third-order valence-corrected chi connectivity index (χ3v) is 6.74. The summed E-state index contributed by atoms with van der Waals surface area (Å²) in [7, 11) is 3.75. The van der Waals surface area contributed by atoms with Crippen molar-refractivity contribution >= 4 is 34.6 Å². The molecule has 3 N–H and O–H groups in total. The van der Waals surface area contributed by atoms with E-state index in [0.29, 0.717) is 23.5 Å². The molecule has 2 fully saturated rings. The molecular weight excluding hydrogens is 458 g/mol. The lowest BCUT2D eigenvalue weighted by Gasteiger charge is -2.37. The monoisotopic (exact) mass is 495 g/mol. The Morgan fingerprint density at radius 2 is 1.78 bits per heavy atom. The molecule has 1 saturated heterocycles.